The van der Waals surface area contributed by atoms with Crippen molar-refractivity contribution in [3.8, 4) is 5.75 Å². The number of benzene rings is 1. The standard InChI is InChI=1S/C15H21FN2O/c1-3-5-13(18-10-8-17-9-11-18)15-12(16)6-4-7-14(15)19-2/h3-4,6-7,13,17H,1,5,8-11H2,2H3/t13-/m0/s1. The molecule has 1 N–H and O–H groups in total. The van der Waals surface area contributed by atoms with Crippen LogP contribution in [0.5, 0.6) is 5.75 Å². The number of ether oxygens (including phenoxy) is 1. The monoisotopic (exact) mass is 264 g/mol. The van der Waals surface area contributed by atoms with Crippen molar-refractivity contribution in [1.82, 2.24) is 10.2 Å². The third-order valence-electron chi connectivity index (χ3n) is 3.55. The summed E-state index contributed by atoms with van der Waals surface area (Å²) in [5.74, 6) is 0.412. The van der Waals surface area contributed by atoms with Gasteiger partial charge >= 0.3 is 0 Å². The molecule has 0 amide bonds. The predicted octanol–water partition coefficient (Wildman–Crippen LogP) is 2.36. The molecule has 1 heterocycles. The van der Waals surface area contributed by atoms with Gasteiger partial charge in [-0.25, -0.2) is 4.39 Å². The number of methoxy groups -OCH3 is 1. The summed E-state index contributed by atoms with van der Waals surface area (Å²) < 4.78 is 19.5. The van der Waals surface area contributed by atoms with E-state index in [9.17, 15) is 4.39 Å². The first kappa shape index (κ1) is 14.0. The fourth-order valence-corrected chi connectivity index (χ4v) is 2.62. The maximum absolute atomic E-state index is 14.2. The lowest BCUT2D eigenvalue weighted by Crippen LogP contribution is -2.45. The van der Waals surface area contributed by atoms with Gasteiger partial charge in [0.15, 0.2) is 0 Å². The Balaban J connectivity index is 2.34. The third kappa shape index (κ3) is 3.14. The highest BCUT2D eigenvalue weighted by atomic mass is 19.1. The number of nitrogens with zero attached hydrogens (tertiary/aromatic N) is 1. The zero-order valence-electron chi connectivity index (χ0n) is 11.4. The maximum atomic E-state index is 14.2. The first-order valence-corrected chi connectivity index (χ1v) is 6.66. The topological polar surface area (TPSA) is 24.5 Å². The largest absolute Gasteiger partial charge is 0.496 e. The molecule has 0 aromatic heterocycles. The Morgan fingerprint density at radius 1 is 1.47 bits per heavy atom. The van der Waals surface area contributed by atoms with Crippen molar-refractivity contribution in [2.45, 2.75) is 12.5 Å². The van der Waals surface area contributed by atoms with E-state index in [1.165, 1.54) is 6.07 Å². The van der Waals surface area contributed by atoms with Gasteiger partial charge in [0.2, 0.25) is 0 Å². The summed E-state index contributed by atoms with van der Waals surface area (Å²) >= 11 is 0. The van der Waals surface area contributed by atoms with Crippen molar-refractivity contribution in [1.29, 1.82) is 0 Å². The van der Waals surface area contributed by atoms with E-state index in [4.69, 9.17) is 4.74 Å². The second-order valence-electron chi connectivity index (χ2n) is 4.68. The highest BCUT2D eigenvalue weighted by molar-refractivity contribution is 5.37. The molecule has 2 rings (SSSR count). The van der Waals surface area contributed by atoms with E-state index in [1.807, 2.05) is 12.1 Å². The molecule has 0 saturated carbocycles. The second kappa shape index (κ2) is 6.68. The van der Waals surface area contributed by atoms with Crippen LogP contribution in [0.15, 0.2) is 30.9 Å². The molecule has 1 fully saturated rings. The van der Waals surface area contributed by atoms with Gasteiger partial charge in [-0.2, -0.15) is 0 Å². The Hall–Kier alpha value is -1.39. The summed E-state index contributed by atoms with van der Waals surface area (Å²) in [6.45, 7) is 7.50. The lowest BCUT2D eigenvalue weighted by atomic mass is 9.99. The highest BCUT2D eigenvalue weighted by Gasteiger charge is 2.26. The Morgan fingerprint density at radius 2 is 2.21 bits per heavy atom. The van der Waals surface area contributed by atoms with Crippen LogP contribution in [0.4, 0.5) is 4.39 Å². The van der Waals surface area contributed by atoms with Crippen molar-refractivity contribution in [3.63, 3.8) is 0 Å². The van der Waals surface area contributed by atoms with Crippen LogP contribution >= 0.6 is 0 Å². The summed E-state index contributed by atoms with van der Waals surface area (Å²) in [5.41, 5.74) is 0.645. The van der Waals surface area contributed by atoms with E-state index < -0.39 is 0 Å². The molecular weight excluding hydrogens is 243 g/mol. The van der Waals surface area contributed by atoms with Gasteiger partial charge < -0.3 is 10.1 Å². The molecule has 0 aliphatic carbocycles. The molecule has 1 aromatic rings. The number of nitrogens with one attached hydrogen (secondary N) is 1. The molecule has 0 bridgehead atoms. The van der Waals surface area contributed by atoms with E-state index in [0.29, 0.717) is 11.3 Å². The highest BCUT2D eigenvalue weighted by Crippen LogP contribution is 2.34. The Kier molecular flexibility index (Phi) is 4.93. The maximum Gasteiger partial charge on any atom is 0.131 e. The smallest absolute Gasteiger partial charge is 0.131 e. The molecule has 1 atom stereocenters. The molecule has 1 aromatic carbocycles. The number of hydrogen-bond donors (Lipinski definition) is 1. The summed E-state index contributed by atoms with van der Waals surface area (Å²) in [6.07, 6.45) is 2.57. The molecule has 1 saturated heterocycles. The summed E-state index contributed by atoms with van der Waals surface area (Å²) in [5, 5.41) is 3.31. The van der Waals surface area contributed by atoms with Crippen LogP contribution in [0.1, 0.15) is 18.0 Å². The normalized spacial score (nSPS) is 18.0. The zero-order chi connectivity index (χ0) is 13.7. The fourth-order valence-electron chi connectivity index (χ4n) is 2.62. The molecule has 3 nitrogen and oxygen atoms in total. The van der Waals surface area contributed by atoms with Gasteiger partial charge in [0.05, 0.1) is 7.11 Å². The van der Waals surface area contributed by atoms with Gasteiger partial charge in [-0.05, 0) is 18.6 Å². The van der Waals surface area contributed by atoms with Crippen LogP contribution in [0, 0.1) is 5.82 Å². The SMILES string of the molecule is C=CC[C@@H](c1c(F)cccc1OC)N1CCNCC1. The van der Waals surface area contributed by atoms with Crippen molar-refractivity contribution in [2.24, 2.45) is 0 Å². The number of halogens is 1. The molecule has 1 aliphatic rings. The second-order valence-corrected chi connectivity index (χ2v) is 4.68. The zero-order valence-corrected chi connectivity index (χ0v) is 11.4. The van der Waals surface area contributed by atoms with E-state index in [0.717, 1.165) is 32.6 Å². The van der Waals surface area contributed by atoms with Crippen LogP contribution in [-0.4, -0.2) is 38.2 Å². The van der Waals surface area contributed by atoms with Crippen LogP contribution in [0.2, 0.25) is 0 Å². The number of rotatable bonds is 5. The van der Waals surface area contributed by atoms with Gasteiger partial charge in [0.25, 0.3) is 0 Å². The van der Waals surface area contributed by atoms with E-state index in [-0.39, 0.29) is 11.9 Å². The Labute approximate surface area is 114 Å². The van der Waals surface area contributed by atoms with Crippen molar-refractivity contribution in [3.05, 3.63) is 42.2 Å². The first-order valence-electron chi connectivity index (χ1n) is 6.66. The molecule has 1 aliphatic heterocycles. The Morgan fingerprint density at radius 3 is 2.84 bits per heavy atom. The van der Waals surface area contributed by atoms with E-state index in [1.54, 1.807) is 13.2 Å². The predicted molar refractivity (Wildman–Crippen MR) is 74.9 cm³/mol. The minimum atomic E-state index is -0.204. The average molecular weight is 264 g/mol. The van der Waals surface area contributed by atoms with E-state index in [2.05, 4.69) is 16.8 Å². The Bertz CT molecular complexity index is 430. The minimum Gasteiger partial charge on any atom is -0.496 e. The molecule has 104 valence electrons. The lowest BCUT2D eigenvalue weighted by molar-refractivity contribution is 0.168. The van der Waals surface area contributed by atoms with Crippen molar-refractivity contribution in [2.75, 3.05) is 33.3 Å². The van der Waals surface area contributed by atoms with Crippen LogP contribution in [-0.2, 0) is 0 Å². The molecule has 0 radical (unpaired) electrons. The van der Waals surface area contributed by atoms with Crippen LogP contribution < -0.4 is 10.1 Å². The lowest BCUT2D eigenvalue weighted by Gasteiger charge is -2.35. The van der Waals surface area contributed by atoms with Gasteiger partial charge in [-0.1, -0.05) is 12.1 Å². The van der Waals surface area contributed by atoms with Gasteiger partial charge in [0, 0.05) is 37.8 Å². The van der Waals surface area contributed by atoms with Crippen molar-refractivity contribution < 1.29 is 9.13 Å². The fraction of sp³-hybridized carbons (Fsp3) is 0.467. The number of hydrogen-bond acceptors (Lipinski definition) is 3. The number of piperazine rings is 1. The summed E-state index contributed by atoms with van der Waals surface area (Å²) in [6, 6.07) is 4.99. The van der Waals surface area contributed by atoms with Crippen LogP contribution in [0.25, 0.3) is 0 Å². The first-order chi connectivity index (χ1) is 9.27. The van der Waals surface area contributed by atoms with E-state index >= 15 is 0 Å². The van der Waals surface area contributed by atoms with Gasteiger partial charge in [0.1, 0.15) is 11.6 Å². The van der Waals surface area contributed by atoms with Gasteiger partial charge in [-0.15, -0.1) is 6.58 Å². The average Bonchev–Trinajstić information content (AvgIpc) is 2.46. The minimum absolute atomic E-state index is 0.00394. The summed E-state index contributed by atoms with van der Waals surface area (Å²) in [7, 11) is 1.58. The molecule has 0 spiro atoms. The quantitative estimate of drug-likeness (QED) is 0.826. The third-order valence-corrected chi connectivity index (χ3v) is 3.55. The molecule has 19 heavy (non-hydrogen) atoms. The molecule has 4 heteroatoms. The molecule has 0 unspecified atom stereocenters. The van der Waals surface area contributed by atoms with Crippen LogP contribution in [0.3, 0.4) is 0 Å². The van der Waals surface area contributed by atoms with Crippen molar-refractivity contribution >= 4 is 0 Å². The molecular formula is C15H21FN2O. The van der Waals surface area contributed by atoms with Gasteiger partial charge in [-0.3, -0.25) is 4.90 Å². The summed E-state index contributed by atoms with van der Waals surface area (Å²) in [4.78, 5) is 2.29.